The van der Waals surface area contributed by atoms with Crippen LogP contribution in [-0.2, 0) is 0 Å². The van der Waals surface area contributed by atoms with Crippen molar-refractivity contribution in [3.05, 3.63) is 47.7 Å². The van der Waals surface area contributed by atoms with Crippen LogP contribution in [0.4, 0.5) is 5.69 Å². The second kappa shape index (κ2) is 6.28. The third kappa shape index (κ3) is 2.69. The van der Waals surface area contributed by atoms with Crippen molar-refractivity contribution in [2.75, 3.05) is 20.0 Å². The summed E-state index contributed by atoms with van der Waals surface area (Å²) in [4.78, 5) is 0. The van der Waals surface area contributed by atoms with Gasteiger partial charge in [-0.2, -0.15) is 0 Å². The molecule has 5 heteroatoms. The summed E-state index contributed by atoms with van der Waals surface area (Å²) in [6.07, 6.45) is 1.68. The third-order valence-corrected chi connectivity index (χ3v) is 4.22. The van der Waals surface area contributed by atoms with Crippen molar-refractivity contribution in [2.45, 2.75) is 13.8 Å². The van der Waals surface area contributed by atoms with E-state index in [4.69, 9.17) is 19.7 Å². The van der Waals surface area contributed by atoms with Gasteiger partial charge < -0.3 is 19.7 Å². The van der Waals surface area contributed by atoms with Gasteiger partial charge in [-0.3, -0.25) is 0 Å². The molecule has 0 radical (unpaired) electrons. The van der Waals surface area contributed by atoms with E-state index in [-0.39, 0.29) is 0 Å². The Hall–Kier alpha value is -2.95. The molecule has 24 heavy (non-hydrogen) atoms. The molecular formula is C19H20N2O3. The van der Waals surface area contributed by atoms with Gasteiger partial charge >= 0.3 is 0 Å². The van der Waals surface area contributed by atoms with Gasteiger partial charge in [-0.1, -0.05) is 5.16 Å². The Kier molecular flexibility index (Phi) is 4.16. The molecule has 0 aliphatic rings. The Morgan fingerprint density at radius 1 is 1.00 bits per heavy atom. The van der Waals surface area contributed by atoms with Gasteiger partial charge in [0, 0.05) is 22.9 Å². The van der Waals surface area contributed by atoms with Crippen LogP contribution in [-0.4, -0.2) is 19.4 Å². The molecule has 0 bridgehead atoms. The largest absolute Gasteiger partial charge is 0.497 e. The lowest BCUT2D eigenvalue weighted by Crippen LogP contribution is -1.94. The molecule has 2 N–H and O–H groups in total. The van der Waals surface area contributed by atoms with Crippen LogP contribution in [0, 0.1) is 13.8 Å². The number of benzene rings is 2. The minimum atomic E-state index is 0.606. The maximum atomic E-state index is 6.17. The van der Waals surface area contributed by atoms with Crippen molar-refractivity contribution in [3.63, 3.8) is 0 Å². The molecule has 124 valence electrons. The summed E-state index contributed by atoms with van der Waals surface area (Å²) in [6.45, 7) is 4.07. The molecule has 0 amide bonds. The first-order valence-corrected chi connectivity index (χ1v) is 7.59. The van der Waals surface area contributed by atoms with E-state index in [1.54, 1.807) is 26.5 Å². The monoisotopic (exact) mass is 324 g/mol. The highest BCUT2D eigenvalue weighted by Gasteiger charge is 2.17. The number of hydrogen-bond acceptors (Lipinski definition) is 5. The number of nitrogens with zero attached hydrogens (tertiary/aromatic N) is 1. The fraction of sp³-hybridized carbons (Fsp3) is 0.211. The van der Waals surface area contributed by atoms with Gasteiger partial charge in [-0.15, -0.1) is 0 Å². The molecule has 0 atom stereocenters. The molecule has 2 aromatic carbocycles. The zero-order valence-corrected chi connectivity index (χ0v) is 14.2. The molecule has 0 unspecified atom stereocenters. The van der Waals surface area contributed by atoms with Crippen molar-refractivity contribution in [1.82, 2.24) is 5.16 Å². The molecule has 0 aliphatic carbocycles. The number of anilines is 1. The number of methoxy groups -OCH3 is 2. The van der Waals surface area contributed by atoms with E-state index in [1.165, 1.54) is 0 Å². The predicted octanol–water partition coefficient (Wildman–Crippen LogP) is 4.22. The molecule has 0 saturated heterocycles. The second-order valence-electron chi connectivity index (χ2n) is 5.64. The lowest BCUT2D eigenvalue weighted by molar-refractivity contribution is 0.410. The zero-order valence-electron chi connectivity index (χ0n) is 14.2. The highest BCUT2D eigenvalue weighted by atomic mass is 16.5. The van der Waals surface area contributed by atoms with E-state index in [1.807, 2.05) is 32.0 Å². The van der Waals surface area contributed by atoms with Crippen LogP contribution in [0.1, 0.15) is 11.1 Å². The highest BCUT2D eigenvalue weighted by molar-refractivity contribution is 5.86. The van der Waals surface area contributed by atoms with Crippen molar-refractivity contribution in [1.29, 1.82) is 0 Å². The number of aryl methyl sites for hydroxylation is 1. The normalized spacial score (nSPS) is 10.7. The topological polar surface area (TPSA) is 70.5 Å². The number of nitrogen functional groups attached to an aromatic ring is 1. The van der Waals surface area contributed by atoms with E-state index in [0.29, 0.717) is 17.2 Å². The molecule has 3 rings (SSSR count). The number of nitrogens with two attached hydrogens (primary N) is 1. The van der Waals surface area contributed by atoms with Gasteiger partial charge in [0.05, 0.1) is 26.0 Å². The van der Waals surface area contributed by atoms with E-state index < -0.39 is 0 Å². The summed E-state index contributed by atoms with van der Waals surface area (Å²) >= 11 is 0. The Morgan fingerprint density at radius 3 is 2.46 bits per heavy atom. The lowest BCUT2D eigenvalue weighted by atomic mass is 9.98. The first kappa shape index (κ1) is 15.9. The molecule has 1 heterocycles. The lowest BCUT2D eigenvalue weighted by Gasteiger charge is -2.11. The minimum Gasteiger partial charge on any atom is -0.497 e. The molecule has 3 aromatic rings. The zero-order chi connectivity index (χ0) is 17.3. The fourth-order valence-electron chi connectivity index (χ4n) is 2.72. The summed E-state index contributed by atoms with van der Waals surface area (Å²) in [5.74, 6) is 2.19. The maximum Gasteiger partial charge on any atom is 0.174 e. The van der Waals surface area contributed by atoms with Crippen LogP contribution in [0.2, 0.25) is 0 Å². The first-order chi connectivity index (χ1) is 11.5. The first-order valence-electron chi connectivity index (χ1n) is 7.59. The van der Waals surface area contributed by atoms with Crippen molar-refractivity contribution >= 4 is 5.69 Å². The summed E-state index contributed by atoms with van der Waals surface area (Å²) in [5.41, 5.74) is 11.6. The Bertz CT molecular complexity index is 884. The maximum absolute atomic E-state index is 6.17. The van der Waals surface area contributed by atoms with Crippen molar-refractivity contribution < 1.29 is 14.0 Å². The van der Waals surface area contributed by atoms with Crippen LogP contribution in [0.15, 0.2) is 41.1 Å². The molecule has 0 saturated carbocycles. The van der Waals surface area contributed by atoms with Crippen LogP contribution in [0.5, 0.6) is 11.5 Å². The molecule has 0 spiro atoms. The van der Waals surface area contributed by atoms with Crippen LogP contribution >= 0.6 is 0 Å². The quantitative estimate of drug-likeness (QED) is 0.727. The molecule has 1 aromatic heterocycles. The minimum absolute atomic E-state index is 0.606. The van der Waals surface area contributed by atoms with Gasteiger partial charge in [-0.25, -0.2) is 0 Å². The highest BCUT2D eigenvalue weighted by Crippen LogP contribution is 2.38. The number of rotatable bonds is 4. The Balaban J connectivity index is 2.14. The fourth-order valence-corrected chi connectivity index (χ4v) is 2.72. The predicted molar refractivity (Wildman–Crippen MR) is 94.4 cm³/mol. The number of ether oxygens (including phenoxy) is 2. The summed E-state index contributed by atoms with van der Waals surface area (Å²) in [5, 5.41) is 3.96. The summed E-state index contributed by atoms with van der Waals surface area (Å²) < 4.78 is 16.2. The van der Waals surface area contributed by atoms with E-state index in [2.05, 4.69) is 11.2 Å². The van der Waals surface area contributed by atoms with Crippen molar-refractivity contribution in [2.24, 2.45) is 0 Å². The average Bonchev–Trinajstić information content (AvgIpc) is 3.06. The van der Waals surface area contributed by atoms with Crippen LogP contribution in [0.3, 0.4) is 0 Å². The second-order valence-corrected chi connectivity index (χ2v) is 5.64. The molecular weight excluding hydrogens is 304 g/mol. The Morgan fingerprint density at radius 2 is 1.79 bits per heavy atom. The Labute approximate surface area is 141 Å². The van der Waals surface area contributed by atoms with E-state index >= 15 is 0 Å². The standard InChI is InChI=1S/C19H20N2O3/c1-11-7-13(8-18(23-4)12(11)2)19-16(10-21-24-19)15-6-5-14(22-3)9-17(15)20/h5-10H,20H2,1-4H3. The number of aromatic nitrogens is 1. The molecule has 0 fully saturated rings. The number of hydrogen-bond donors (Lipinski definition) is 1. The van der Waals surface area contributed by atoms with Gasteiger partial charge in [0.1, 0.15) is 11.5 Å². The van der Waals surface area contributed by atoms with Gasteiger partial charge in [0.25, 0.3) is 0 Å². The summed E-state index contributed by atoms with van der Waals surface area (Å²) in [7, 11) is 3.27. The van der Waals surface area contributed by atoms with E-state index in [0.717, 1.165) is 33.6 Å². The smallest absolute Gasteiger partial charge is 0.174 e. The van der Waals surface area contributed by atoms with Crippen LogP contribution < -0.4 is 15.2 Å². The van der Waals surface area contributed by atoms with Gasteiger partial charge in [0.2, 0.25) is 0 Å². The van der Waals surface area contributed by atoms with Crippen molar-refractivity contribution in [3.8, 4) is 33.9 Å². The van der Waals surface area contributed by atoms with E-state index in [9.17, 15) is 0 Å². The molecule has 0 aliphatic heterocycles. The van der Waals surface area contributed by atoms with Gasteiger partial charge in [0.15, 0.2) is 5.76 Å². The SMILES string of the molecule is COc1ccc(-c2cnoc2-c2cc(C)c(C)c(OC)c2)c(N)c1. The summed E-state index contributed by atoms with van der Waals surface area (Å²) in [6, 6.07) is 9.56. The molecule has 5 nitrogen and oxygen atoms in total. The third-order valence-electron chi connectivity index (χ3n) is 4.22. The average molecular weight is 324 g/mol. The van der Waals surface area contributed by atoms with Crippen LogP contribution in [0.25, 0.3) is 22.5 Å². The van der Waals surface area contributed by atoms with Gasteiger partial charge in [-0.05, 0) is 49.2 Å².